The normalized spacial score (nSPS) is 11.9. The first-order valence-electron chi connectivity index (χ1n) is 8.44. The third kappa shape index (κ3) is 5.15. The van der Waals surface area contributed by atoms with Crippen LogP contribution in [-0.4, -0.2) is 35.0 Å². The van der Waals surface area contributed by atoms with Gasteiger partial charge in [0.05, 0.1) is 21.1 Å². The molecule has 0 atom stereocenters. The van der Waals surface area contributed by atoms with E-state index in [0.29, 0.717) is 12.1 Å². The van der Waals surface area contributed by atoms with Gasteiger partial charge in [-0.25, -0.2) is 21.6 Å². The van der Waals surface area contributed by atoms with Crippen LogP contribution in [0.25, 0.3) is 0 Å². The van der Waals surface area contributed by atoms with Crippen molar-refractivity contribution in [3.05, 3.63) is 54.1 Å². The molecule has 0 unspecified atom stereocenters. The van der Waals surface area contributed by atoms with Gasteiger partial charge >= 0.3 is 0 Å². The van der Waals surface area contributed by atoms with E-state index in [9.17, 15) is 21.6 Å². The zero-order chi connectivity index (χ0) is 20.1. The molecular formula is C18H22N2O5S2. The first-order valence-corrected chi connectivity index (χ1v) is 11.6. The van der Waals surface area contributed by atoms with Crippen LogP contribution in [-0.2, 0) is 19.9 Å². The molecule has 1 amide bonds. The lowest BCUT2D eigenvalue weighted by Crippen LogP contribution is -2.23. The predicted octanol–water partition coefficient (Wildman–Crippen LogP) is 2.42. The second-order valence-electron chi connectivity index (χ2n) is 5.79. The minimum Gasteiger partial charge on any atom is -0.322 e. The third-order valence-electron chi connectivity index (χ3n) is 3.70. The van der Waals surface area contributed by atoms with Gasteiger partial charge in [-0.2, -0.15) is 0 Å². The first kappa shape index (κ1) is 21.1. The number of carbonyl (C=O) groups is 1. The Morgan fingerprint density at radius 1 is 0.926 bits per heavy atom. The highest BCUT2D eigenvalue weighted by Crippen LogP contribution is 2.20. The Bertz CT molecular complexity index is 1010. The number of anilines is 1. The molecule has 2 aromatic carbocycles. The van der Waals surface area contributed by atoms with Gasteiger partial charge in [-0.05, 0) is 42.8 Å². The van der Waals surface area contributed by atoms with Crippen LogP contribution in [0.4, 0.5) is 5.69 Å². The minimum atomic E-state index is -3.58. The minimum absolute atomic E-state index is 0.0179. The van der Waals surface area contributed by atoms with Gasteiger partial charge in [-0.1, -0.05) is 26.0 Å². The number of nitrogens with one attached hydrogen (secondary N) is 2. The van der Waals surface area contributed by atoms with Crippen LogP contribution >= 0.6 is 0 Å². The Morgan fingerprint density at radius 3 is 2.15 bits per heavy atom. The van der Waals surface area contributed by atoms with E-state index in [2.05, 4.69) is 10.0 Å². The average molecular weight is 411 g/mol. The third-order valence-corrected chi connectivity index (χ3v) is 7.23. The van der Waals surface area contributed by atoms with Crippen LogP contribution in [0, 0.1) is 0 Å². The maximum atomic E-state index is 12.6. The molecular weight excluding hydrogens is 388 g/mol. The van der Waals surface area contributed by atoms with Gasteiger partial charge in [0, 0.05) is 12.2 Å². The van der Waals surface area contributed by atoms with E-state index in [1.165, 1.54) is 36.4 Å². The second kappa shape index (κ2) is 8.64. The maximum absolute atomic E-state index is 12.6. The fraction of sp³-hybridized carbons (Fsp3) is 0.278. The smallest absolute Gasteiger partial charge is 0.256 e. The van der Waals surface area contributed by atoms with Gasteiger partial charge < -0.3 is 5.32 Å². The summed E-state index contributed by atoms with van der Waals surface area (Å²) in [5, 5.41) is 2.60. The molecule has 0 fully saturated rings. The topological polar surface area (TPSA) is 109 Å². The molecule has 7 nitrogen and oxygen atoms in total. The summed E-state index contributed by atoms with van der Waals surface area (Å²) in [5.74, 6) is -0.624. The van der Waals surface area contributed by atoms with Gasteiger partial charge in [-0.3, -0.25) is 4.79 Å². The van der Waals surface area contributed by atoms with E-state index in [0.717, 1.165) is 0 Å². The van der Waals surface area contributed by atoms with Crippen molar-refractivity contribution < 1.29 is 21.6 Å². The van der Waals surface area contributed by atoms with Crippen LogP contribution < -0.4 is 10.0 Å². The molecule has 0 saturated heterocycles. The van der Waals surface area contributed by atoms with Crippen molar-refractivity contribution in [2.75, 3.05) is 17.6 Å². The van der Waals surface area contributed by atoms with Crippen LogP contribution in [0.1, 0.15) is 30.6 Å². The number of sulfone groups is 1. The molecule has 0 spiro atoms. The van der Waals surface area contributed by atoms with E-state index < -0.39 is 25.8 Å². The fourth-order valence-corrected chi connectivity index (χ4v) is 5.07. The SMILES string of the molecule is CCCS(=O)(=O)c1ccccc1C(=O)Nc1ccc(S(=O)(=O)NCC)cc1. The van der Waals surface area contributed by atoms with Gasteiger partial charge in [0.2, 0.25) is 10.0 Å². The molecule has 2 N–H and O–H groups in total. The summed E-state index contributed by atoms with van der Waals surface area (Å²) in [4.78, 5) is 12.6. The molecule has 0 saturated carbocycles. The van der Waals surface area contributed by atoms with Crippen LogP contribution in [0.15, 0.2) is 58.3 Å². The molecule has 9 heteroatoms. The summed E-state index contributed by atoms with van der Waals surface area (Å²) in [5.41, 5.74) is 0.411. The molecule has 0 heterocycles. The molecule has 0 aliphatic carbocycles. The van der Waals surface area contributed by atoms with E-state index in [1.54, 1.807) is 26.0 Å². The van der Waals surface area contributed by atoms with Crippen LogP contribution in [0.3, 0.4) is 0 Å². The summed E-state index contributed by atoms with van der Waals surface area (Å²) in [7, 11) is -7.14. The van der Waals surface area contributed by atoms with Gasteiger partial charge in [-0.15, -0.1) is 0 Å². The van der Waals surface area contributed by atoms with Crippen molar-refractivity contribution in [1.29, 1.82) is 0 Å². The Labute approximate surface area is 159 Å². The van der Waals surface area contributed by atoms with Crippen molar-refractivity contribution in [2.45, 2.75) is 30.1 Å². The number of hydrogen-bond acceptors (Lipinski definition) is 5. The number of carbonyl (C=O) groups excluding carboxylic acids is 1. The number of rotatable bonds is 8. The van der Waals surface area contributed by atoms with E-state index in [-0.39, 0.29) is 27.7 Å². The monoisotopic (exact) mass is 410 g/mol. The fourth-order valence-electron chi connectivity index (χ4n) is 2.49. The van der Waals surface area contributed by atoms with Crippen molar-refractivity contribution >= 4 is 31.5 Å². The number of hydrogen-bond donors (Lipinski definition) is 2. The highest BCUT2D eigenvalue weighted by atomic mass is 32.2. The highest BCUT2D eigenvalue weighted by Gasteiger charge is 2.21. The first-order chi connectivity index (χ1) is 12.7. The van der Waals surface area contributed by atoms with Gasteiger partial charge in [0.15, 0.2) is 9.84 Å². The summed E-state index contributed by atoms with van der Waals surface area (Å²) in [6.45, 7) is 3.70. The summed E-state index contributed by atoms with van der Waals surface area (Å²) < 4.78 is 51.0. The zero-order valence-corrected chi connectivity index (χ0v) is 16.7. The van der Waals surface area contributed by atoms with Crippen LogP contribution in [0.2, 0.25) is 0 Å². The van der Waals surface area contributed by atoms with E-state index >= 15 is 0 Å². The molecule has 2 aromatic rings. The van der Waals surface area contributed by atoms with Crippen LogP contribution in [0.5, 0.6) is 0 Å². The standard InChI is InChI=1S/C18H22N2O5S2/c1-3-13-26(22,23)17-8-6-5-7-16(17)18(21)20-14-9-11-15(12-10-14)27(24,25)19-4-2/h5-12,19H,3-4,13H2,1-2H3,(H,20,21). The maximum Gasteiger partial charge on any atom is 0.256 e. The Hall–Kier alpha value is -2.23. The summed E-state index contributed by atoms with van der Waals surface area (Å²) in [6.07, 6.45) is 0.444. The predicted molar refractivity (Wildman–Crippen MR) is 104 cm³/mol. The molecule has 0 radical (unpaired) electrons. The quantitative estimate of drug-likeness (QED) is 0.695. The number of amides is 1. The van der Waals surface area contributed by atoms with Crippen molar-refractivity contribution in [2.24, 2.45) is 0 Å². The Kier molecular flexibility index (Phi) is 6.74. The second-order valence-corrected chi connectivity index (χ2v) is 9.64. The highest BCUT2D eigenvalue weighted by molar-refractivity contribution is 7.91. The van der Waals surface area contributed by atoms with Crippen molar-refractivity contribution in [3.8, 4) is 0 Å². The van der Waals surface area contributed by atoms with Crippen molar-refractivity contribution in [1.82, 2.24) is 4.72 Å². The molecule has 0 aliphatic heterocycles. The van der Waals surface area contributed by atoms with Gasteiger partial charge in [0.1, 0.15) is 0 Å². The number of sulfonamides is 1. The molecule has 0 aliphatic rings. The van der Waals surface area contributed by atoms with E-state index in [1.807, 2.05) is 0 Å². The molecule has 146 valence electrons. The summed E-state index contributed by atoms with van der Waals surface area (Å²) >= 11 is 0. The molecule has 0 bridgehead atoms. The van der Waals surface area contributed by atoms with Crippen molar-refractivity contribution in [3.63, 3.8) is 0 Å². The Morgan fingerprint density at radius 2 is 1.56 bits per heavy atom. The lowest BCUT2D eigenvalue weighted by Gasteiger charge is -2.11. The Balaban J connectivity index is 2.27. The summed E-state index contributed by atoms with van der Waals surface area (Å²) in [6, 6.07) is 11.6. The largest absolute Gasteiger partial charge is 0.322 e. The lowest BCUT2D eigenvalue weighted by atomic mass is 10.2. The van der Waals surface area contributed by atoms with E-state index in [4.69, 9.17) is 0 Å². The molecule has 2 rings (SSSR count). The average Bonchev–Trinajstić information content (AvgIpc) is 2.62. The zero-order valence-electron chi connectivity index (χ0n) is 15.1. The lowest BCUT2D eigenvalue weighted by molar-refractivity contribution is 0.102. The molecule has 27 heavy (non-hydrogen) atoms. The van der Waals surface area contributed by atoms with Gasteiger partial charge in [0.25, 0.3) is 5.91 Å². The number of benzene rings is 2. The molecule has 0 aromatic heterocycles.